The molecule has 0 unspecified atom stereocenters. The molecule has 21 heavy (non-hydrogen) atoms. The first-order valence-corrected chi connectivity index (χ1v) is 7.28. The zero-order valence-corrected chi connectivity index (χ0v) is 13.2. The quantitative estimate of drug-likeness (QED) is 0.810. The Hall–Kier alpha value is -1.75. The molecule has 0 aliphatic rings. The van der Waals surface area contributed by atoms with E-state index in [0.717, 1.165) is 6.42 Å². The molecule has 0 bridgehead atoms. The summed E-state index contributed by atoms with van der Waals surface area (Å²) in [5.74, 6) is -0.00722. The van der Waals surface area contributed by atoms with E-state index in [1.54, 1.807) is 31.2 Å². The van der Waals surface area contributed by atoms with Crippen LogP contribution in [0.3, 0.4) is 0 Å². The van der Waals surface area contributed by atoms with Crippen LogP contribution >= 0.6 is 11.6 Å². The van der Waals surface area contributed by atoms with Crippen LogP contribution in [0, 0.1) is 0 Å². The Kier molecular flexibility index (Phi) is 7.02. The van der Waals surface area contributed by atoms with E-state index in [4.69, 9.17) is 16.3 Å². The maximum atomic E-state index is 11.8. The molecule has 116 valence electrons. The van der Waals surface area contributed by atoms with Gasteiger partial charge in [0, 0.05) is 11.1 Å². The number of nitrogens with one attached hydrogen (secondary N) is 2. The number of hydrogen-bond acceptors (Lipinski definition) is 3. The second-order valence-corrected chi connectivity index (χ2v) is 5.29. The molecule has 0 heterocycles. The summed E-state index contributed by atoms with van der Waals surface area (Å²) in [6, 6.07) is 6.19. The lowest BCUT2D eigenvalue weighted by Crippen LogP contribution is -2.48. The van der Waals surface area contributed by atoms with E-state index in [1.165, 1.54) is 0 Å². The fourth-order valence-corrected chi connectivity index (χ4v) is 1.62. The molecule has 0 aromatic heterocycles. The summed E-state index contributed by atoms with van der Waals surface area (Å²) < 4.78 is 5.30. The van der Waals surface area contributed by atoms with Crippen LogP contribution in [-0.4, -0.2) is 30.5 Å². The van der Waals surface area contributed by atoms with Gasteiger partial charge < -0.3 is 15.4 Å². The summed E-state index contributed by atoms with van der Waals surface area (Å²) in [6.45, 7) is 5.38. The first-order valence-electron chi connectivity index (χ1n) is 6.90. The van der Waals surface area contributed by atoms with Crippen LogP contribution in [0.4, 0.5) is 0 Å². The summed E-state index contributed by atoms with van der Waals surface area (Å²) in [5.41, 5.74) is 0. The van der Waals surface area contributed by atoms with E-state index < -0.39 is 6.04 Å². The molecule has 0 radical (unpaired) electrons. The molecule has 2 N–H and O–H groups in total. The highest BCUT2D eigenvalue weighted by atomic mass is 35.5. The third-order valence-corrected chi connectivity index (χ3v) is 3.21. The van der Waals surface area contributed by atoms with E-state index in [0.29, 0.717) is 10.8 Å². The van der Waals surface area contributed by atoms with Crippen LogP contribution in [0.15, 0.2) is 24.3 Å². The lowest BCUT2D eigenvalue weighted by atomic mass is 10.2. The van der Waals surface area contributed by atoms with Gasteiger partial charge >= 0.3 is 0 Å². The number of rotatable bonds is 7. The Morgan fingerprint density at radius 1 is 1.19 bits per heavy atom. The molecule has 0 saturated heterocycles. The fraction of sp³-hybridized carbons (Fsp3) is 0.467. The molecule has 1 rings (SSSR count). The normalized spacial score (nSPS) is 13.1. The maximum absolute atomic E-state index is 11.8. The van der Waals surface area contributed by atoms with Crippen molar-refractivity contribution in [2.45, 2.75) is 39.3 Å². The zero-order valence-electron chi connectivity index (χ0n) is 12.5. The minimum absolute atomic E-state index is 0.0853. The number of carbonyl (C=O) groups excluding carboxylic acids is 2. The summed E-state index contributed by atoms with van der Waals surface area (Å²) in [6.07, 6.45) is 0.839. The van der Waals surface area contributed by atoms with Gasteiger partial charge in [-0.2, -0.15) is 0 Å². The number of amides is 2. The largest absolute Gasteiger partial charge is 0.484 e. The van der Waals surface area contributed by atoms with Gasteiger partial charge in [0.1, 0.15) is 11.8 Å². The standard InChI is InChI=1S/C15H21ClN2O3/c1-4-10(2)17-15(20)11(3)18-14(19)9-21-13-7-5-12(16)6-8-13/h5-8,10-11H,4,9H2,1-3H3,(H,17,20)(H,18,19)/t10-,11+/m1/s1. The highest BCUT2D eigenvalue weighted by Gasteiger charge is 2.16. The monoisotopic (exact) mass is 312 g/mol. The van der Waals surface area contributed by atoms with E-state index in [2.05, 4.69) is 10.6 Å². The van der Waals surface area contributed by atoms with Crippen LogP contribution in [0.1, 0.15) is 27.2 Å². The Morgan fingerprint density at radius 2 is 1.81 bits per heavy atom. The van der Waals surface area contributed by atoms with Gasteiger partial charge in [0.2, 0.25) is 5.91 Å². The molecule has 6 heteroatoms. The molecule has 0 saturated carbocycles. The van der Waals surface area contributed by atoms with Crippen LogP contribution in [-0.2, 0) is 9.59 Å². The molecule has 5 nitrogen and oxygen atoms in total. The van der Waals surface area contributed by atoms with Gasteiger partial charge in [-0.3, -0.25) is 9.59 Å². The second kappa shape index (κ2) is 8.52. The van der Waals surface area contributed by atoms with Crippen molar-refractivity contribution in [2.24, 2.45) is 0 Å². The highest BCUT2D eigenvalue weighted by Crippen LogP contribution is 2.15. The zero-order chi connectivity index (χ0) is 15.8. The minimum atomic E-state index is -0.597. The highest BCUT2D eigenvalue weighted by molar-refractivity contribution is 6.30. The van der Waals surface area contributed by atoms with E-state index in [1.807, 2.05) is 13.8 Å². The molecular weight excluding hydrogens is 292 g/mol. The predicted molar refractivity (Wildman–Crippen MR) is 82.4 cm³/mol. The second-order valence-electron chi connectivity index (χ2n) is 4.85. The summed E-state index contributed by atoms with van der Waals surface area (Å²) in [7, 11) is 0. The van der Waals surface area contributed by atoms with Gasteiger partial charge in [-0.25, -0.2) is 0 Å². The van der Waals surface area contributed by atoms with Gasteiger partial charge in [0.05, 0.1) is 0 Å². The van der Waals surface area contributed by atoms with Crippen molar-refractivity contribution in [3.05, 3.63) is 29.3 Å². The minimum Gasteiger partial charge on any atom is -0.484 e. The Labute approximate surface area is 130 Å². The first kappa shape index (κ1) is 17.3. The van der Waals surface area contributed by atoms with Crippen molar-refractivity contribution in [3.8, 4) is 5.75 Å². The van der Waals surface area contributed by atoms with Gasteiger partial charge in [0.25, 0.3) is 5.91 Å². The molecule has 1 aromatic rings. The molecule has 0 aliphatic heterocycles. The topological polar surface area (TPSA) is 67.4 Å². The molecule has 2 amide bonds. The number of halogens is 1. The van der Waals surface area contributed by atoms with Crippen molar-refractivity contribution < 1.29 is 14.3 Å². The van der Waals surface area contributed by atoms with Crippen LogP contribution in [0.25, 0.3) is 0 Å². The van der Waals surface area contributed by atoms with E-state index in [-0.39, 0.29) is 24.5 Å². The van der Waals surface area contributed by atoms with Crippen molar-refractivity contribution in [1.29, 1.82) is 0 Å². The molecule has 1 aromatic carbocycles. The van der Waals surface area contributed by atoms with Crippen LogP contribution < -0.4 is 15.4 Å². The Morgan fingerprint density at radius 3 is 2.38 bits per heavy atom. The van der Waals surface area contributed by atoms with Gasteiger partial charge in [-0.1, -0.05) is 18.5 Å². The lowest BCUT2D eigenvalue weighted by Gasteiger charge is -2.17. The van der Waals surface area contributed by atoms with E-state index >= 15 is 0 Å². The maximum Gasteiger partial charge on any atom is 0.258 e. The fourth-order valence-electron chi connectivity index (χ4n) is 1.50. The average Bonchev–Trinajstić information content (AvgIpc) is 2.46. The van der Waals surface area contributed by atoms with Crippen LogP contribution in [0.2, 0.25) is 5.02 Å². The molecule has 0 fully saturated rings. The van der Waals surface area contributed by atoms with Gasteiger partial charge in [-0.15, -0.1) is 0 Å². The van der Waals surface area contributed by atoms with Crippen molar-refractivity contribution in [2.75, 3.05) is 6.61 Å². The third kappa shape index (κ3) is 6.49. The number of benzene rings is 1. The van der Waals surface area contributed by atoms with Gasteiger partial charge in [-0.05, 0) is 44.5 Å². The smallest absolute Gasteiger partial charge is 0.258 e. The summed E-state index contributed by atoms with van der Waals surface area (Å²) in [4.78, 5) is 23.5. The summed E-state index contributed by atoms with van der Waals surface area (Å²) in [5, 5.41) is 5.99. The van der Waals surface area contributed by atoms with Crippen LogP contribution in [0.5, 0.6) is 5.75 Å². The van der Waals surface area contributed by atoms with Crippen molar-refractivity contribution >= 4 is 23.4 Å². The lowest BCUT2D eigenvalue weighted by molar-refractivity contribution is -0.129. The third-order valence-electron chi connectivity index (χ3n) is 2.96. The molecule has 0 aliphatic carbocycles. The number of ether oxygens (including phenoxy) is 1. The SMILES string of the molecule is CC[C@@H](C)NC(=O)[C@H](C)NC(=O)COc1ccc(Cl)cc1. The Balaban J connectivity index is 2.35. The summed E-state index contributed by atoms with van der Waals surface area (Å²) >= 11 is 5.75. The predicted octanol–water partition coefficient (Wildman–Crippen LogP) is 2.14. The molecule has 0 spiro atoms. The van der Waals surface area contributed by atoms with Gasteiger partial charge in [0.15, 0.2) is 6.61 Å². The number of hydrogen-bond donors (Lipinski definition) is 2. The molecular formula is C15H21ClN2O3. The van der Waals surface area contributed by atoms with E-state index in [9.17, 15) is 9.59 Å². The first-order chi connectivity index (χ1) is 9.92. The van der Waals surface area contributed by atoms with Crippen molar-refractivity contribution in [1.82, 2.24) is 10.6 Å². The Bertz CT molecular complexity index is 476. The van der Waals surface area contributed by atoms with Crippen molar-refractivity contribution in [3.63, 3.8) is 0 Å². The average molecular weight is 313 g/mol. The molecule has 2 atom stereocenters. The number of carbonyl (C=O) groups is 2.